The lowest BCUT2D eigenvalue weighted by molar-refractivity contribution is 0.0251. The summed E-state index contributed by atoms with van der Waals surface area (Å²) in [6, 6.07) is 12.2. The van der Waals surface area contributed by atoms with Crippen molar-refractivity contribution in [1.82, 2.24) is 0 Å². The minimum atomic E-state index is -1.55. The molecule has 3 aromatic carbocycles. The predicted octanol–water partition coefficient (Wildman–Crippen LogP) is 6.17. The van der Waals surface area contributed by atoms with Crippen LogP contribution in [0.1, 0.15) is 27.0 Å². The van der Waals surface area contributed by atoms with Crippen LogP contribution in [0.2, 0.25) is 20.1 Å². The Kier molecular flexibility index (Phi) is 4.63. The van der Waals surface area contributed by atoms with Gasteiger partial charge >= 0.3 is 5.97 Å². The number of aromatic hydroxyl groups is 2. The Bertz CT molecular complexity index is 1130. The van der Waals surface area contributed by atoms with Gasteiger partial charge in [0.2, 0.25) is 0 Å². The van der Waals surface area contributed by atoms with E-state index >= 15 is 0 Å². The van der Waals surface area contributed by atoms with Crippen molar-refractivity contribution in [3.05, 3.63) is 90.9 Å². The Morgan fingerprint density at radius 3 is 2.04 bits per heavy atom. The first-order valence-corrected chi connectivity index (χ1v) is 9.47. The molecule has 0 radical (unpaired) electrons. The molecule has 28 heavy (non-hydrogen) atoms. The second-order valence-electron chi connectivity index (χ2n) is 6.17. The number of hydrogen-bond acceptors (Lipinski definition) is 4. The molecule has 4 nitrogen and oxygen atoms in total. The lowest BCUT2D eigenvalue weighted by Crippen LogP contribution is -2.29. The number of ether oxygens (including phenoxy) is 1. The van der Waals surface area contributed by atoms with E-state index in [-0.39, 0.29) is 42.7 Å². The number of fused-ring (bicyclic) bond motifs is 1. The van der Waals surface area contributed by atoms with Gasteiger partial charge in [-0.2, -0.15) is 0 Å². The third kappa shape index (κ3) is 2.64. The highest BCUT2D eigenvalue weighted by molar-refractivity contribution is 6.53. The van der Waals surface area contributed by atoms with Crippen LogP contribution < -0.4 is 0 Å². The fourth-order valence-electron chi connectivity index (χ4n) is 3.39. The second-order valence-corrected chi connectivity index (χ2v) is 7.69. The van der Waals surface area contributed by atoms with Crippen LogP contribution in [0, 0.1) is 0 Å². The van der Waals surface area contributed by atoms with Gasteiger partial charge in [-0.1, -0.05) is 70.7 Å². The molecule has 0 aliphatic carbocycles. The topological polar surface area (TPSA) is 66.8 Å². The zero-order valence-electron chi connectivity index (χ0n) is 13.8. The van der Waals surface area contributed by atoms with E-state index in [2.05, 4.69) is 0 Å². The predicted molar refractivity (Wildman–Crippen MR) is 108 cm³/mol. The Morgan fingerprint density at radius 1 is 0.750 bits per heavy atom. The molecule has 1 unspecified atom stereocenters. The van der Waals surface area contributed by atoms with E-state index in [4.69, 9.17) is 51.1 Å². The molecule has 1 heterocycles. The molecule has 1 aliphatic heterocycles. The van der Waals surface area contributed by atoms with Crippen LogP contribution in [0.25, 0.3) is 0 Å². The van der Waals surface area contributed by atoms with Crippen molar-refractivity contribution in [3.8, 4) is 11.5 Å². The van der Waals surface area contributed by atoms with Crippen molar-refractivity contribution in [2.75, 3.05) is 0 Å². The first-order valence-electron chi connectivity index (χ1n) is 7.96. The van der Waals surface area contributed by atoms with E-state index in [0.717, 1.165) is 0 Å². The van der Waals surface area contributed by atoms with E-state index in [1.807, 2.05) is 0 Å². The minimum Gasteiger partial charge on any atom is -0.508 e. The number of rotatable bonds is 2. The fraction of sp³-hybridized carbons (Fsp3) is 0.0500. The summed E-state index contributed by atoms with van der Waals surface area (Å²) in [5.74, 6) is -0.753. The monoisotopic (exact) mass is 454 g/mol. The molecule has 0 saturated heterocycles. The number of cyclic esters (lactones) is 1. The summed E-state index contributed by atoms with van der Waals surface area (Å²) in [5.41, 5.74) is -0.443. The molecule has 142 valence electrons. The van der Waals surface area contributed by atoms with Gasteiger partial charge in [0.1, 0.15) is 11.5 Å². The summed E-state index contributed by atoms with van der Waals surface area (Å²) >= 11 is 25.2. The van der Waals surface area contributed by atoms with Gasteiger partial charge in [0.15, 0.2) is 5.60 Å². The van der Waals surface area contributed by atoms with Gasteiger partial charge in [-0.05, 0) is 24.3 Å². The van der Waals surface area contributed by atoms with Crippen molar-refractivity contribution in [3.63, 3.8) is 0 Å². The summed E-state index contributed by atoms with van der Waals surface area (Å²) in [4.78, 5) is 12.8. The molecule has 0 aromatic heterocycles. The Balaban J connectivity index is 2.17. The molecule has 0 saturated carbocycles. The maximum Gasteiger partial charge on any atom is 0.341 e. The van der Waals surface area contributed by atoms with Gasteiger partial charge < -0.3 is 14.9 Å². The van der Waals surface area contributed by atoms with Gasteiger partial charge in [0.25, 0.3) is 0 Å². The Morgan fingerprint density at radius 2 is 1.39 bits per heavy atom. The summed E-state index contributed by atoms with van der Waals surface area (Å²) < 4.78 is 5.84. The molecular formula is C20H10Cl4O4. The first-order chi connectivity index (χ1) is 13.3. The lowest BCUT2D eigenvalue weighted by Gasteiger charge is -2.31. The van der Waals surface area contributed by atoms with Crippen LogP contribution in [0.4, 0.5) is 0 Å². The van der Waals surface area contributed by atoms with E-state index in [0.29, 0.717) is 11.1 Å². The smallest absolute Gasteiger partial charge is 0.341 e. The molecule has 0 fully saturated rings. The number of carbonyl (C=O) groups is 1. The number of carbonyl (C=O) groups excluding carboxylic acids is 1. The summed E-state index contributed by atoms with van der Waals surface area (Å²) in [6.07, 6.45) is 0. The summed E-state index contributed by atoms with van der Waals surface area (Å²) in [5, 5.41) is 19.6. The zero-order chi connectivity index (χ0) is 20.2. The van der Waals surface area contributed by atoms with Crippen LogP contribution in [-0.2, 0) is 10.3 Å². The number of esters is 1. The quantitative estimate of drug-likeness (QED) is 0.275. The van der Waals surface area contributed by atoms with Gasteiger partial charge in [-0.3, -0.25) is 0 Å². The summed E-state index contributed by atoms with van der Waals surface area (Å²) in [6.45, 7) is 0. The standard InChI is InChI=1S/C20H10Cl4O4/c21-15-13-14(16(22)18(24)17(15)23)20(28-19(13)27,9-4-6-11(25)7-5-9)10-2-1-3-12(26)8-10/h1-8,25-26H. The SMILES string of the molecule is O=C1OC(c2ccc(O)cc2)(c2cccc(O)c2)c2c(Cl)c(Cl)c(Cl)c(Cl)c21. The molecule has 1 aliphatic rings. The van der Waals surface area contributed by atoms with Gasteiger partial charge in [0, 0.05) is 16.7 Å². The van der Waals surface area contributed by atoms with E-state index in [1.165, 1.54) is 24.3 Å². The second kappa shape index (κ2) is 6.75. The van der Waals surface area contributed by atoms with Crippen LogP contribution in [0.15, 0.2) is 48.5 Å². The lowest BCUT2D eigenvalue weighted by atomic mass is 9.79. The molecule has 1 atom stereocenters. The van der Waals surface area contributed by atoms with Crippen molar-refractivity contribution < 1.29 is 19.7 Å². The highest BCUT2D eigenvalue weighted by atomic mass is 35.5. The minimum absolute atomic E-state index is 0.00233. The van der Waals surface area contributed by atoms with Crippen LogP contribution in [0.5, 0.6) is 11.5 Å². The maximum atomic E-state index is 12.8. The van der Waals surface area contributed by atoms with Gasteiger partial charge in [0.05, 0.1) is 25.7 Å². The third-order valence-electron chi connectivity index (χ3n) is 4.60. The average molecular weight is 456 g/mol. The number of hydrogen-bond donors (Lipinski definition) is 2. The van der Waals surface area contributed by atoms with Crippen LogP contribution >= 0.6 is 46.4 Å². The molecule has 3 aromatic rings. The van der Waals surface area contributed by atoms with Crippen molar-refractivity contribution in [2.24, 2.45) is 0 Å². The van der Waals surface area contributed by atoms with E-state index < -0.39 is 11.6 Å². The van der Waals surface area contributed by atoms with Crippen LogP contribution in [0.3, 0.4) is 0 Å². The van der Waals surface area contributed by atoms with E-state index in [1.54, 1.807) is 24.3 Å². The molecular weight excluding hydrogens is 446 g/mol. The van der Waals surface area contributed by atoms with E-state index in [9.17, 15) is 15.0 Å². The number of phenols is 2. The summed E-state index contributed by atoms with van der Waals surface area (Å²) in [7, 11) is 0. The number of phenolic OH excluding ortho intramolecular Hbond substituents is 2. The highest BCUT2D eigenvalue weighted by Gasteiger charge is 2.52. The Labute approximate surface area is 179 Å². The number of halogens is 4. The molecule has 0 spiro atoms. The fourth-order valence-corrected chi connectivity index (χ4v) is 4.45. The normalized spacial score (nSPS) is 18.1. The first kappa shape index (κ1) is 19.2. The van der Waals surface area contributed by atoms with Crippen molar-refractivity contribution >= 4 is 52.4 Å². The van der Waals surface area contributed by atoms with Crippen molar-refractivity contribution in [1.29, 1.82) is 0 Å². The van der Waals surface area contributed by atoms with Crippen molar-refractivity contribution in [2.45, 2.75) is 5.60 Å². The van der Waals surface area contributed by atoms with Gasteiger partial charge in [-0.25, -0.2) is 4.79 Å². The molecule has 8 heteroatoms. The molecule has 2 N–H and O–H groups in total. The average Bonchev–Trinajstić information content (AvgIpc) is 2.99. The van der Waals surface area contributed by atoms with Crippen LogP contribution in [-0.4, -0.2) is 16.2 Å². The molecule has 4 rings (SSSR count). The van der Waals surface area contributed by atoms with Gasteiger partial charge in [-0.15, -0.1) is 0 Å². The Hall–Kier alpha value is -2.11. The molecule has 0 bridgehead atoms. The maximum absolute atomic E-state index is 12.8. The highest BCUT2D eigenvalue weighted by Crippen LogP contribution is 2.55. The molecule has 0 amide bonds. The largest absolute Gasteiger partial charge is 0.508 e. The number of benzene rings is 3. The third-order valence-corrected chi connectivity index (χ3v) is 6.40. The zero-order valence-corrected chi connectivity index (χ0v) is 16.9.